The number of hydrogen-bond acceptors (Lipinski definition) is 6. The molecule has 2 heterocycles. The lowest BCUT2D eigenvalue weighted by atomic mass is 10.1. The number of pyridine rings is 1. The summed E-state index contributed by atoms with van der Waals surface area (Å²) in [6.45, 7) is 0.667. The highest BCUT2D eigenvalue weighted by Gasteiger charge is 2.28. The zero-order valence-electron chi connectivity index (χ0n) is 9.78. The second-order valence-corrected chi connectivity index (χ2v) is 6.10. The molecule has 0 atom stereocenters. The van der Waals surface area contributed by atoms with Gasteiger partial charge in [-0.25, -0.2) is 19.2 Å². The molecule has 1 aromatic rings. The first-order valence-corrected chi connectivity index (χ1v) is 7.09. The van der Waals surface area contributed by atoms with E-state index in [9.17, 15) is 13.5 Å². The average molecular weight is 272 g/mol. The Morgan fingerprint density at radius 2 is 2.06 bits per heavy atom. The molecular formula is C10H16N4O3S. The van der Waals surface area contributed by atoms with Crippen molar-refractivity contribution in [3.63, 3.8) is 0 Å². The van der Waals surface area contributed by atoms with Crippen molar-refractivity contribution in [3.05, 3.63) is 18.3 Å². The summed E-state index contributed by atoms with van der Waals surface area (Å²) in [5.41, 5.74) is 2.34. The topological polar surface area (TPSA) is 109 Å². The fraction of sp³-hybridized carbons (Fsp3) is 0.500. The molecule has 1 aliphatic heterocycles. The van der Waals surface area contributed by atoms with E-state index in [1.54, 1.807) is 0 Å². The van der Waals surface area contributed by atoms with Crippen LogP contribution in [0.4, 0.5) is 5.82 Å². The molecule has 0 aliphatic carbocycles. The van der Waals surface area contributed by atoms with Gasteiger partial charge in [-0.1, -0.05) is 0 Å². The number of nitrogens with zero attached hydrogens (tertiary/aromatic N) is 2. The van der Waals surface area contributed by atoms with E-state index >= 15 is 0 Å². The Hall–Kier alpha value is -1.22. The van der Waals surface area contributed by atoms with Crippen LogP contribution in [-0.2, 0) is 10.0 Å². The Kier molecular flexibility index (Phi) is 3.81. The first-order valence-electron chi connectivity index (χ1n) is 5.65. The van der Waals surface area contributed by atoms with Gasteiger partial charge in [0.15, 0.2) is 0 Å². The van der Waals surface area contributed by atoms with Crippen molar-refractivity contribution in [1.29, 1.82) is 0 Å². The van der Waals surface area contributed by atoms with Gasteiger partial charge in [0.1, 0.15) is 10.7 Å². The van der Waals surface area contributed by atoms with E-state index in [-0.39, 0.29) is 4.90 Å². The van der Waals surface area contributed by atoms with Crippen LogP contribution >= 0.6 is 0 Å². The molecule has 8 heteroatoms. The molecular weight excluding hydrogens is 256 g/mol. The van der Waals surface area contributed by atoms with Gasteiger partial charge in [-0.2, -0.15) is 4.31 Å². The summed E-state index contributed by atoms with van der Waals surface area (Å²) in [6.07, 6.45) is 1.80. The molecule has 0 bridgehead atoms. The zero-order chi connectivity index (χ0) is 13.2. The number of hydrogen-bond donors (Lipinski definition) is 3. The van der Waals surface area contributed by atoms with Crippen molar-refractivity contribution in [2.75, 3.05) is 18.5 Å². The summed E-state index contributed by atoms with van der Waals surface area (Å²) >= 11 is 0. The maximum absolute atomic E-state index is 12.2. The molecule has 18 heavy (non-hydrogen) atoms. The lowest BCUT2D eigenvalue weighted by Gasteiger charge is -2.28. The van der Waals surface area contributed by atoms with Crippen molar-refractivity contribution in [2.45, 2.75) is 23.8 Å². The van der Waals surface area contributed by atoms with Crippen LogP contribution in [0, 0.1) is 0 Å². The number of anilines is 1. The van der Waals surface area contributed by atoms with Gasteiger partial charge in [-0.05, 0) is 25.0 Å². The minimum atomic E-state index is -3.52. The number of nitrogens with two attached hydrogens (primary N) is 1. The zero-order valence-corrected chi connectivity index (χ0v) is 10.6. The van der Waals surface area contributed by atoms with Crippen molar-refractivity contribution in [2.24, 2.45) is 5.84 Å². The maximum atomic E-state index is 12.2. The highest BCUT2D eigenvalue weighted by molar-refractivity contribution is 7.89. The third kappa shape index (κ3) is 2.61. The monoisotopic (exact) mass is 272 g/mol. The Morgan fingerprint density at radius 1 is 1.39 bits per heavy atom. The van der Waals surface area contributed by atoms with E-state index in [0.717, 1.165) is 0 Å². The van der Waals surface area contributed by atoms with Gasteiger partial charge >= 0.3 is 0 Å². The first-order chi connectivity index (χ1) is 8.54. The predicted molar refractivity (Wildman–Crippen MR) is 66.0 cm³/mol. The van der Waals surface area contributed by atoms with E-state index in [1.807, 2.05) is 0 Å². The second-order valence-electron chi connectivity index (χ2n) is 4.16. The molecule has 1 fully saturated rings. The number of aromatic nitrogens is 1. The first kappa shape index (κ1) is 13.2. The number of aliphatic hydroxyl groups is 1. The quantitative estimate of drug-likeness (QED) is 0.506. The van der Waals surface area contributed by atoms with Crippen LogP contribution in [0.2, 0.25) is 0 Å². The summed E-state index contributed by atoms with van der Waals surface area (Å²) in [4.78, 5) is 4.02. The van der Waals surface area contributed by atoms with Crippen LogP contribution in [0.1, 0.15) is 12.8 Å². The second kappa shape index (κ2) is 5.19. The average Bonchev–Trinajstić information content (AvgIpc) is 2.39. The van der Waals surface area contributed by atoms with Crippen LogP contribution in [0.5, 0.6) is 0 Å². The van der Waals surface area contributed by atoms with Crippen LogP contribution in [0.25, 0.3) is 0 Å². The minimum Gasteiger partial charge on any atom is -0.393 e. The molecule has 0 unspecified atom stereocenters. The smallest absolute Gasteiger partial charge is 0.244 e. The maximum Gasteiger partial charge on any atom is 0.244 e. The molecule has 0 saturated carbocycles. The molecule has 1 saturated heterocycles. The number of nitrogens with one attached hydrogen (secondary N) is 1. The van der Waals surface area contributed by atoms with Crippen LogP contribution in [0.15, 0.2) is 23.2 Å². The number of piperidine rings is 1. The standard InChI is InChI=1S/C10H16N4O3S/c11-13-10-2-1-9(7-12-10)18(16,17)14-5-3-8(15)4-6-14/h1-2,7-8,15H,3-6,11H2,(H,12,13). The number of nitrogen functional groups attached to an aromatic ring is 1. The summed E-state index contributed by atoms with van der Waals surface area (Å²) in [5, 5.41) is 9.38. The molecule has 1 aliphatic rings. The minimum absolute atomic E-state index is 0.137. The summed E-state index contributed by atoms with van der Waals surface area (Å²) < 4.78 is 25.9. The van der Waals surface area contributed by atoms with Crippen molar-refractivity contribution in [3.8, 4) is 0 Å². The van der Waals surface area contributed by atoms with Crippen LogP contribution < -0.4 is 11.3 Å². The molecule has 4 N–H and O–H groups in total. The summed E-state index contributed by atoms with van der Waals surface area (Å²) in [6, 6.07) is 2.97. The fourth-order valence-electron chi connectivity index (χ4n) is 1.85. The summed E-state index contributed by atoms with van der Waals surface area (Å²) in [5.74, 6) is 5.57. The van der Waals surface area contributed by atoms with Gasteiger partial charge in [0.2, 0.25) is 10.0 Å². The van der Waals surface area contributed by atoms with Gasteiger partial charge in [-0.3, -0.25) is 0 Å². The van der Waals surface area contributed by atoms with Crippen molar-refractivity contribution >= 4 is 15.8 Å². The van der Waals surface area contributed by atoms with Gasteiger partial charge in [0.25, 0.3) is 0 Å². The van der Waals surface area contributed by atoms with E-state index in [2.05, 4.69) is 10.4 Å². The highest BCUT2D eigenvalue weighted by atomic mass is 32.2. The van der Waals surface area contributed by atoms with E-state index in [1.165, 1.54) is 22.6 Å². The van der Waals surface area contributed by atoms with E-state index < -0.39 is 16.1 Å². The Bertz CT molecular complexity index is 494. The molecule has 2 rings (SSSR count). The molecule has 0 amide bonds. The molecule has 0 spiro atoms. The van der Waals surface area contributed by atoms with Gasteiger partial charge in [0.05, 0.1) is 6.10 Å². The van der Waals surface area contributed by atoms with Gasteiger partial charge < -0.3 is 10.5 Å². The number of aliphatic hydroxyl groups excluding tert-OH is 1. The largest absolute Gasteiger partial charge is 0.393 e. The summed E-state index contributed by atoms with van der Waals surface area (Å²) in [7, 11) is -3.52. The normalized spacial score (nSPS) is 18.8. The van der Waals surface area contributed by atoms with Crippen LogP contribution in [0.3, 0.4) is 0 Å². The highest BCUT2D eigenvalue weighted by Crippen LogP contribution is 2.20. The molecule has 0 aromatic carbocycles. The third-order valence-corrected chi connectivity index (χ3v) is 4.83. The van der Waals surface area contributed by atoms with E-state index in [0.29, 0.717) is 31.7 Å². The van der Waals surface area contributed by atoms with Gasteiger partial charge in [-0.15, -0.1) is 0 Å². The number of hydrazine groups is 1. The van der Waals surface area contributed by atoms with E-state index in [4.69, 9.17) is 5.84 Å². The lowest BCUT2D eigenvalue weighted by Crippen LogP contribution is -2.40. The van der Waals surface area contributed by atoms with Gasteiger partial charge in [0, 0.05) is 19.3 Å². The fourth-order valence-corrected chi connectivity index (χ4v) is 3.27. The Morgan fingerprint density at radius 3 is 2.56 bits per heavy atom. The van der Waals surface area contributed by atoms with Crippen molar-refractivity contribution < 1.29 is 13.5 Å². The molecule has 100 valence electrons. The Labute approximate surface area is 106 Å². The Balaban J connectivity index is 2.19. The predicted octanol–water partition coefficient (Wildman–Crippen LogP) is -0.487. The lowest BCUT2D eigenvalue weighted by molar-refractivity contribution is 0.113. The molecule has 7 nitrogen and oxygen atoms in total. The number of sulfonamides is 1. The molecule has 1 aromatic heterocycles. The van der Waals surface area contributed by atoms with Crippen molar-refractivity contribution in [1.82, 2.24) is 9.29 Å². The van der Waals surface area contributed by atoms with Crippen LogP contribution in [-0.4, -0.2) is 42.0 Å². The third-order valence-electron chi connectivity index (χ3n) is 2.95. The SMILES string of the molecule is NNc1ccc(S(=O)(=O)N2CCC(O)CC2)cn1. The number of rotatable bonds is 3. The molecule has 0 radical (unpaired) electrons.